The highest BCUT2D eigenvalue weighted by atomic mass is 79.9. The van der Waals surface area contributed by atoms with E-state index in [-0.39, 0.29) is 20.7 Å². The lowest BCUT2D eigenvalue weighted by Gasteiger charge is -2.11. The van der Waals surface area contributed by atoms with Crippen LogP contribution in [-0.4, -0.2) is 5.91 Å². The fourth-order valence-electron chi connectivity index (χ4n) is 1.70. The van der Waals surface area contributed by atoms with Gasteiger partial charge < -0.3 is 5.32 Å². The monoisotopic (exact) mass is 377 g/mol. The van der Waals surface area contributed by atoms with Crippen molar-refractivity contribution in [3.63, 3.8) is 0 Å². The van der Waals surface area contributed by atoms with Gasteiger partial charge in [-0.2, -0.15) is 0 Å². The summed E-state index contributed by atoms with van der Waals surface area (Å²) >= 11 is 8.83. The first-order chi connectivity index (χ1) is 9.81. The van der Waals surface area contributed by atoms with Gasteiger partial charge in [0.2, 0.25) is 0 Å². The van der Waals surface area contributed by atoms with E-state index >= 15 is 0 Å². The molecule has 0 radical (unpaired) electrons. The lowest BCUT2D eigenvalue weighted by molar-refractivity contribution is 0.101. The van der Waals surface area contributed by atoms with Crippen molar-refractivity contribution in [2.24, 2.45) is 0 Å². The Morgan fingerprint density at radius 3 is 2.52 bits per heavy atom. The molecule has 0 aliphatic heterocycles. The van der Waals surface area contributed by atoms with Gasteiger partial charge in [-0.1, -0.05) is 17.7 Å². The Balaban J connectivity index is 2.42. The van der Waals surface area contributed by atoms with E-state index in [9.17, 15) is 18.0 Å². The number of carbonyl (C=O) groups excluding carboxylic acids is 1. The second-order valence-electron chi connectivity index (χ2n) is 4.25. The minimum Gasteiger partial charge on any atom is -0.320 e. The zero-order chi connectivity index (χ0) is 15.7. The van der Waals surface area contributed by atoms with Gasteiger partial charge in [-0.05, 0) is 46.6 Å². The summed E-state index contributed by atoms with van der Waals surface area (Å²) in [4.78, 5) is 12.0. The zero-order valence-electron chi connectivity index (χ0n) is 10.6. The van der Waals surface area contributed by atoms with Gasteiger partial charge in [0.05, 0.1) is 10.7 Å². The molecule has 1 amide bonds. The largest absolute Gasteiger partial charge is 0.320 e. The molecule has 0 aliphatic rings. The van der Waals surface area contributed by atoms with Crippen molar-refractivity contribution in [3.8, 4) is 0 Å². The molecule has 0 spiro atoms. The van der Waals surface area contributed by atoms with Gasteiger partial charge >= 0.3 is 0 Å². The van der Waals surface area contributed by atoms with Crippen LogP contribution in [0.15, 0.2) is 28.7 Å². The fraction of sp³-hybridized carbons (Fsp3) is 0.0714. The predicted molar refractivity (Wildman–Crippen MR) is 78.2 cm³/mol. The first kappa shape index (κ1) is 15.9. The number of hydrogen-bond donors (Lipinski definition) is 1. The summed E-state index contributed by atoms with van der Waals surface area (Å²) in [5.41, 5.74) is -0.559. The molecule has 0 aromatic heterocycles. The van der Waals surface area contributed by atoms with Crippen molar-refractivity contribution in [1.82, 2.24) is 0 Å². The van der Waals surface area contributed by atoms with Crippen molar-refractivity contribution < 1.29 is 18.0 Å². The van der Waals surface area contributed by atoms with Crippen LogP contribution in [0, 0.1) is 24.4 Å². The first-order valence-electron chi connectivity index (χ1n) is 5.71. The summed E-state index contributed by atoms with van der Waals surface area (Å²) in [7, 11) is 0. The Labute approximate surface area is 132 Å². The Hall–Kier alpha value is -1.53. The molecule has 2 aromatic carbocycles. The first-order valence-corrected chi connectivity index (χ1v) is 6.89. The quantitative estimate of drug-likeness (QED) is 0.776. The van der Waals surface area contributed by atoms with Crippen molar-refractivity contribution in [2.75, 3.05) is 5.32 Å². The van der Waals surface area contributed by atoms with Gasteiger partial charge in [0.1, 0.15) is 23.0 Å². The number of nitrogens with one attached hydrogen (secondary N) is 1. The average Bonchev–Trinajstić information content (AvgIpc) is 2.38. The van der Waals surface area contributed by atoms with E-state index in [1.807, 2.05) is 0 Å². The van der Waals surface area contributed by atoms with Crippen LogP contribution in [0.2, 0.25) is 5.02 Å². The van der Waals surface area contributed by atoms with Crippen molar-refractivity contribution >= 4 is 39.1 Å². The van der Waals surface area contributed by atoms with Crippen LogP contribution < -0.4 is 5.32 Å². The second kappa shape index (κ2) is 6.07. The number of aryl methyl sites for hydroxylation is 1. The fourth-order valence-corrected chi connectivity index (χ4v) is 2.60. The van der Waals surface area contributed by atoms with Gasteiger partial charge in [-0.3, -0.25) is 4.79 Å². The smallest absolute Gasteiger partial charge is 0.261 e. The van der Waals surface area contributed by atoms with Gasteiger partial charge in [0.15, 0.2) is 0 Å². The molecule has 0 bridgehead atoms. The number of anilines is 1. The molecule has 2 aromatic rings. The number of halogens is 5. The number of hydrogen-bond acceptors (Lipinski definition) is 1. The summed E-state index contributed by atoms with van der Waals surface area (Å²) in [6, 6.07) is 4.27. The van der Waals surface area contributed by atoms with Crippen molar-refractivity contribution in [3.05, 3.63) is 62.3 Å². The summed E-state index contributed by atoms with van der Waals surface area (Å²) in [6.45, 7) is 1.41. The molecule has 1 N–H and O–H groups in total. The minimum atomic E-state index is -1.01. The highest BCUT2D eigenvalue weighted by Crippen LogP contribution is 2.32. The van der Waals surface area contributed by atoms with Gasteiger partial charge in [-0.25, -0.2) is 13.2 Å². The van der Waals surface area contributed by atoms with E-state index in [2.05, 4.69) is 21.2 Å². The third-order valence-electron chi connectivity index (χ3n) is 2.76. The maximum atomic E-state index is 13.9. The Morgan fingerprint density at radius 2 is 1.90 bits per heavy atom. The van der Waals surface area contributed by atoms with Crippen molar-refractivity contribution in [2.45, 2.75) is 6.92 Å². The van der Waals surface area contributed by atoms with E-state index < -0.39 is 28.9 Å². The average molecular weight is 379 g/mol. The Kier molecular flexibility index (Phi) is 4.58. The summed E-state index contributed by atoms with van der Waals surface area (Å²) in [5.74, 6) is -3.58. The number of amides is 1. The number of benzene rings is 2. The molecular formula is C14H8BrClF3NO. The zero-order valence-corrected chi connectivity index (χ0v) is 12.9. The molecule has 0 saturated carbocycles. The van der Waals surface area contributed by atoms with E-state index in [1.54, 1.807) is 0 Å². The SMILES string of the molecule is Cc1ccc(F)c(C(=O)Nc2c(Cl)cc(F)cc2Br)c1F. The van der Waals surface area contributed by atoms with Gasteiger partial charge in [-0.15, -0.1) is 0 Å². The molecule has 0 atom stereocenters. The third kappa shape index (κ3) is 3.22. The molecule has 2 nitrogen and oxygen atoms in total. The second-order valence-corrected chi connectivity index (χ2v) is 5.51. The number of rotatable bonds is 2. The van der Waals surface area contributed by atoms with Crippen molar-refractivity contribution in [1.29, 1.82) is 0 Å². The molecule has 21 heavy (non-hydrogen) atoms. The van der Waals surface area contributed by atoms with Crippen LogP contribution in [0.25, 0.3) is 0 Å². The summed E-state index contributed by atoms with van der Waals surface area (Å²) in [6.07, 6.45) is 0. The topological polar surface area (TPSA) is 29.1 Å². The molecule has 0 unspecified atom stereocenters. The van der Waals surface area contributed by atoms with E-state index in [4.69, 9.17) is 11.6 Å². The Bertz CT molecular complexity index is 713. The highest BCUT2D eigenvalue weighted by Gasteiger charge is 2.21. The maximum absolute atomic E-state index is 13.9. The Morgan fingerprint density at radius 1 is 1.24 bits per heavy atom. The van der Waals surface area contributed by atoms with Crippen LogP contribution >= 0.6 is 27.5 Å². The maximum Gasteiger partial charge on any atom is 0.261 e. The molecule has 2 rings (SSSR count). The molecule has 0 heterocycles. The molecule has 110 valence electrons. The summed E-state index contributed by atoms with van der Waals surface area (Å²) in [5, 5.41) is 2.17. The lowest BCUT2D eigenvalue weighted by atomic mass is 10.1. The molecule has 0 saturated heterocycles. The standard InChI is InChI=1S/C14H8BrClF3NO/c1-6-2-3-10(18)11(12(6)19)14(21)20-13-8(15)4-7(17)5-9(13)16/h2-5H,1H3,(H,20,21). The van der Waals surface area contributed by atoms with Crippen LogP contribution in [-0.2, 0) is 0 Å². The summed E-state index contributed by atoms with van der Waals surface area (Å²) < 4.78 is 40.8. The lowest BCUT2D eigenvalue weighted by Crippen LogP contribution is -2.17. The van der Waals surface area contributed by atoms with E-state index in [1.165, 1.54) is 13.0 Å². The van der Waals surface area contributed by atoms with Crippen LogP contribution in [0.3, 0.4) is 0 Å². The van der Waals surface area contributed by atoms with Crippen LogP contribution in [0.1, 0.15) is 15.9 Å². The van der Waals surface area contributed by atoms with Crippen LogP contribution in [0.5, 0.6) is 0 Å². The van der Waals surface area contributed by atoms with Gasteiger partial charge in [0.25, 0.3) is 5.91 Å². The van der Waals surface area contributed by atoms with E-state index in [0.717, 1.165) is 18.2 Å². The molecular weight excluding hydrogens is 371 g/mol. The normalized spacial score (nSPS) is 10.6. The highest BCUT2D eigenvalue weighted by molar-refractivity contribution is 9.10. The molecule has 0 aliphatic carbocycles. The number of carbonyl (C=O) groups is 1. The predicted octanol–water partition coefficient (Wildman–Crippen LogP) is 5.08. The molecule has 7 heteroatoms. The molecule has 0 fully saturated rings. The minimum absolute atomic E-state index is 0.0309. The van der Waals surface area contributed by atoms with E-state index in [0.29, 0.717) is 0 Å². The van der Waals surface area contributed by atoms with Crippen LogP contribution in [0.4, 0.5) is 18.9 Å². The van der Waals surface area contributed by atoms with Gasteiger partial charge in [0, 0.05) is 4.47 Å². The third-order valence-corrected chi connectivity index (χ3v) is 3.68.